The molecule has 0 N–H and O–H groups in total. The van der Waals surface area contributed by atoms with Gasteiger partial charge in [-0.3, -0.25) is 0 Å². The van der Waals surface area contributed by atoms with Crippen molar-refractivity contribution in [3.05, 3.63) is 34.9 Å². The first-order valence-corrected chi connectivity index (χ1v) is 10.4. The average Bonchev–Trinajstić information content (AvgIpc) is 2.61. The van der Waals surface area contributed by atoms with Crippen molar-refractivity contribution in [1.82, 2.24) is 0 Å². The summed E-state index contributed by atoms with van der Waals surface area (Å²) >= 11 is 0. The Bertz CT molecular complexity index is 479. The van der Waals surface area contributed by atoms with E-state index in [0.29, 0.717) is 0 Å². The summed E-state index contributed by atoms with van der Waals surface area (Å²) < 4.78 is 0. The highest BCUT2D eigenvalue weighted by Gasteiger charge is 2.24. The molecule has 1 aromatic rings. The topological polar surface area (TPSA) is 0 Å². The first kappa shape index (κ1) is 17.1. The van der Waals surface area contributed by atoms with Crippen LogP contribution in [0.4, 0.5) is 0 Å². The van der Waals surface area contributed by atoms with Gasteiger partial charge in [0.2, 0.25) is 0 Å². The van der Waals surface area contributed by atoms with Gasteiger partial charge in [-0.25, -0.2) is 0 Å². The van der Waals surface area contributed by atoms with Crippen LogP contribution in [0.5, 0.6) is 0 Å². The summed E-state index contributed by atoms with van der Waals surface area (Å²) in [5, 5.41) is 0. The van der Waals surface area contributed by atoms with Gasteiger partial charge in [0.15, 0.2) is 0 Å². The smallest absolute Gasteiger partial charge is 0.0162 e. The minimum Gasteiger partial charge on any atom is -0.0654 e. The summed E-state index contributed by atoms with van der Waals surface area (Å²) in [7, 11) is 0. The van der Waals surface area contributed by atoms with Crippen molar-refractivity contribution in [2.24, 2.45) is 11.8 Å². The van der Waals surface area contributed by atoms with Crippen LogP contribution in [0.1, 0.15) is 101 Å². The molecule has 1 fully saturated rings. The van der Waals surface area contributed by atoms with Crippen LogP contribution in [0.3, 0.4) is 0 Å². The van der Waals surface area contributed by atoms with Crippen molar-refractivity contribution in [1.29, 1.82) is 0 Å². The number of aryl methyl sites for hydroxylation is 1. The molecule has 128 valence electrons. The molecule has 2 aliphatic carbocycles. The zero-order chi connectivity index (χ0) is 16.1. The number of benzene rings is 1. The van der Waals surface area contributed by atoms with Crippen LogP contribution in [0.2, 0.25) is 0 Å². The highest BCUT2D eigenvalue weighted by molar-refractivity contribution is 5.36. The Morgan fingerprint density at radius 2 is 1.70 bits per heavy atom. The Kier molecular flexibility index (Phi) is 6.20. The molecule has 0 spiro atoms. The number of hydrogen-bond donors (Lipinski definition) is 0. The SMILES string of the molecule is CCCCC[C@H]1CC[C@H](c2ccc3c(c2)CCC(CC)C3)CC1. The summed E-state index contributed by atoms with van der Waals surface area (Å²) in [6, 6.07) is 7.53. The second-order valence-electron chi connectivity index (χ2n) is 8.26. The number of rotatable bonds is 6. The normalized spacial score (nSPS) is 27.7. The van der Waals surface area contributed by atoms with Gasteiger partial charge in [0.1, 0.15) is 0 Å². The van der Waals surface area contributed by atoms with Gasteiger partial charge in [-0.05, 0) is 79.4 Å². The molecule has 1 atom stereocenters. The van der Waals surface area contributed by atoms with E-state index in [2.05, 4.69) is 32.0 Å². The fourth-order valence-electron chi connectivity index (χ4n) is 4.92. The van der Waals surface area contributed by atoms with Gasteiger partial charge in [0.05, 0.1) is 0 Å². The van der Waals surface area contributed by atoms with Gasteiger partial charge >= 0.3 is 0 Å². The van der Waals surface area contributed by atoms with E-state index >= 15 is 0 Å². The van der Waals surface area contributed by atoms with E-state index in [1.54, 1.807) is 16.7 Å². The molecule has 1 unspecified atom stereocenters. The largest absolute Gasteiger partial charge is 0.0654 e. The molecule has 0 heteroatoms. The minimum absolute atomic E-state index is 0.853. The number of hydrogen-bond acceptors (Lipinski definition) is 0. The van der Waals surface area contributed by atoms with Crippen molar-refractivity contribution in [2.75, 3.05) is 0 Å². The van der Waals surface area contributed by atoms with Crippen molar-refractivity contribution in [3.8, 4) is 0 Å². The Balaban J connectivity index is 1.55. The van der Waals surface area contributed by atoms with Crippen LogP contribution in [0, 0.1) is 11.8 Å². The van der Waals surface area contributed by atoms with Crippen LogP contribution in [0.15, 0.2) is 18.2 Å². The molecular weight excluding hydrogens is 276 g/mol. The van der Waals surface area contributed by atoms with Gasteiger partial charge in [0.25, 0.3) is 0 Å². The standard InChI is InChI=1S/C23H36/c1-3-5-6-7-19-9-11-20(12-10-19)22-15-14-21-16-18(4-2)8-13-23(21)17-22/h14-15,17-20H,3-13,16H2,1-2H3/t18?,19-,20-. The summed E-state index contributed by atoms with van der Waals surface area (Å²) in [6.45, 7) is 4.67. The molecule has 0 bridgehead atoms. The van der Waals surface area contributed by atoms with Crippen LogP contribution < -0.4 is 0 Å². The van der Waals surface area contributed by atoms with Crippen LogP contribution >= 0.6 is 0 Å². The van der Waals surface area contributed by atoms with Gasteiger partial charge in [-0.2, -0.15) is 0 Å². The molecule has 3 rings (SSSR count). The van der Waals surface area contributed by atoms with Crippen molar-refractivity contribution >= 4 is 0 Å². The number of unbranched alkanes of at least 4 members (excludes halogenated alkanes) is 2. The van der Waals surface area contributed by atoms with Crippen LogP contribution in [-0.2, 0) is 12.8 Å². The molecule has 0 radical (unpaired) electrons. The van der Waals surface area contributed by atoms with E-state index in [-0.39, 0.29) is 0 Å². The minimum atomic E-state index is 0.853. The maximum Gasteiger partial charge on any atom is -0.0162 e. The first-order chi connectivity index (χ1) is 11.3. The molecule has 0 nitrogen and oxygen atoms in total. The van der Waals surface area contributed by atoms with Crippen LogP contribution in [0.25, 0.3) is 0 Å². The first-order valence-electron chi connectivity index (χ1n) is 10.4. The highest BCUT2D eigenvalue weighted by atomic mass is 14.3. The Morgan fingerprint density at radius 3 is 2.43 bits per heavy atom. The second kappa shape index (κ2) is 8.36. The van der Waals surface area contributed by atoms with Gasteiger partial charge in [-0.1, -0.05) is 64.2 Å². The zero-order valence-electron chi connectivity index (χ0n) is 15.4. The molecule has 0 aromatic heterocycles. The number of fused-ring (bicyclic) bond motifs is 1. The molecule has 0 amide bonds. The monoisotopic (exact) mass is 312 g/mol. The van der Waals surface area contributed by atoms with Crippen molar-refractivity contribution < 1.29 is 0 Å². The second-order valence-corrected chi connectivity index (χ2v) is 8.26. The Labute approximate surface area is 144 Å². The zero-order valence-corrected chi connectivity index (χ0v) is 15.4. The Morgan fingerprint density at radius 1 is 0.870 bits per heavy atom. The fraction of sp³-hybridized carbons (Fsp3) is 0.739. The maximum atomic E-state index is 2.59. The lowest BCUT2D eigenvalue weighted by molar-refractivity contribution is 0.302. The lowest BCUT2D eigenvalue weighted by atomic mass is 9.75. The van der Waals surface area contributed by atoms with Crippen molar-refractivity contribution in [3.63, 3.8) is 0 Å². The predicted octanol–water partition coefficient (Wildman–Crippen LogP) is 7.06. The quantitative estimate of drug-likeness (QED) is 0.493. The van der Waals surface area contributed by atoms with E-state index in [4.69, 9.17) is 0 Å². The van der Waals surface area contributed by atoms with E-state index < -0.39 is 0 Å². The summed E-state index contributed by atoms with van der Waals surface area (Å²) in [5.41, 5.74) is 4.99. The van der Waals surface area contributed by atoms with Crippen molar-refractivity contribution in [2.45, 2.75) is 96.8 Å². The lowest BCUT2D eigenvalue weighted by Crippen LogP contribution is -2.16. The third-order valence-electron chi connectivity index (χ3n) is 6.67. The third-order valence-corrected chi connectivity index (χ3v) is 6.67. The van der Waals surface area contributed by atoms with E-state index in [1.165, 1.54) is 77.0 Å². The average molecular weight is 313 g/mol. The molecule has 1 saturated carbocycles. The van der Waals surface area contributed by atoms with Gasteiger partial charge in [0, 0.05) is 0 Å². The third kappa shape index (κ3) is 4.40. The fourth-order valence-corrected chi connectivity index (χ4v) is 4.92. The van der Waals surface area contributed by atoms with Crippen LogP contribution in [-0.4, -0.2) is 0 Å². The molecule has 1 aromatic carbocycles. The summed E-state index contributed by atoms with van der Waals surface area (Å²) in [5.74, 6) is 2.82. The molecule has 0 saturated heterocycles. The molecule has 0 heterocycles. The highest BCUT2D eigenvalue weighted by Crippen LogP contribution is 2.39. The summed E-state index contributed by atoms with van der Waals surface area (Å²) in [4.78, 5) is 0. The van der Waals surface area contributed by atoms with E-state index in [9.17, 15) is 0 Å². The van der Waals surface area contributed by atoms with E-state index in [0.717, 1.165) is 17.8 Å². The summed E-state index contributed by atoms with van der Waals surface area (Å²) in [6.07, 6.45) is 17.0. The molecule has 23 heavy (non-hydrogen) atoms. The van der Waals surface area contributed by atoms with Gasteiger partial charge < -0.3 is 0 Å². The molecular formula is C23H36. The lowest BCUT2D eigenvalue weighted by Gasteiger charge is -2.30. The van der Waals surface area contributed by atoms with E-state index in [1.807, 2.05) is 0 Å². The molecule has 2 aliphatic rings. The Hall–Kier alpha value is -0.780. The maximum absolute atomic E-state index is 2.59. The predicted molar refractivity (Wildman–Crippen MR) is 101 cm³/mol. The molecule has 0 aliphatic heterocycles. The van der Waals surface area contributed by atoms with Gasteiger partial charge in [-0.15, -0.1) is 0 Å².